The molecule has 3 aromatic carbocycles. The van der Waals surface area contributed by atoms with Crippen molar-refractivity contribution < 1.29 is 14.4 Å². The van der Waals surface area contributed by atoms with Crippen LogP contribution in [0.4, 0.5) is 11.4 Å². The van der Waals surface area contributed by atoms with E-state index < -0.39 is 6.04 Å². The third-order valence-corrected chi connectivity index (χ3v) is 5.83. The Morgan fingerprint density at radius 1 is 0.970 bits per heavy atom. The number of halogens is 1. The van der Waals surface area contributed by atoms with Crippen LogP contribution in [0.15, 0.2) is 78.9 Å². The Balaban J connectivity index is 1.46. The Morgan fingerprint density at radius 2 is 1.67 bits per heavy atom. The fraction of sp³-hybridized carbons (Fsp3) is 0.192. The third-order valence-electron chi connectivity index (χ3n) is 5.53. The summed E-state index contributed by atoms with van der Waals surface area (Å²) >= 11 is 6.39. The summed E-state index contributed by atoms with van der Waals surface area (Å²) in [5.41, 5.74) is 2.53. The molecule has 3 aromatic rings. The molecule has 1 saturated heterocycles. The Bertz CT molecular complexity index is 1150. The highest BCUT2D eigenvalue weighted by atomic mass is 35.5. The van der Waals surface area contributed by atoms with Gasteiger partial charge in [0, 0.05) is 24.2 Å². The van der Waals surface area contributed by atoms with Crippen LogP contribution >= 0.6 is 11.6 Å². The molecular weight excluding hydrogens is 438 g/mol. The second-order valence-corrected chi connectivity index (χ2v) is 8.28. The van der Waals surface area contributed by atoms with Crippen LogP contribution in [-0.2, 0) is 9.59 Å². The lowest BCUT2D eigenvalue weighted by Crippen LogP contribution is -2.31. The van der Waals surface area contributed by atoms with Gasteiger partial charge < -0.3 is 15.5 Å². The molecule has 4 rings (SSSR count). The van der Waals surface area contributed by atoms with Gasteiger partial charge in [0.2, 0.25) is 11.8 Å². The minimum absolute atomic E-state index is 0.0482. The first-order chi connectivity index (χ1) is 16.0. The summed E-state index contributed by atoms with van der Waals surface area (Å²) < 4.78 is 0. The first-order valence-corrected chi connectivity index (χ1v) is 11.2. The molecule has 0 bridgehead atoms. The summed E-state index contributed by atoms with van der Waals surface area (Å²) in [6.45, 7) is 0.643. The van der Waals surface area contributed by atoms with E-state index in [0.717, 1.165) is 12.0 Å². The second kappa shape index (κ2) is 10.3. The van der Waals surface area contributed by atoms with Crippen LogP contribution in [0.2, 0.25) is 5.02 Å². The van der Waals surface area contributed by atoms with E-state index in [9.17, 15) is 14.4 Å². The maximum Gasteiger partial charge on any atom is 0.251 e. The average Bonchev–Trinajstić information content (AvgIpc) is 3.25. The summed E-state index contributed by atoms with van der Waals surface area (Å²) in [5, 5.41) is 6.21. The molecule has 6 nitrogen and oxygen atoms in total. The molecule has 0 aliphatic carbocycles. The van der Waals surface area contributed by atoms with E-state index >= 15 is 0 Å². The molecule has 1 atom stereocenters. The molecule has 0 radical (unpaired) electrons. The van der Waals surface area contributed by atoms with Gasteiger partial charge in [0.25, 0.3) is 5.91 Å². The number of benzene rings is 3. The lowest BCUT2D eigenvalue weighted by molar-refractivity contribution is -0.117. The van der Waals surface area contributed by atoms with Crippen molar-refractivity contribution >= 4 is 40.7 Å². The molecular formula is C26H24ClN3O3. The predicted molar refractivity (Wildman–Crippen MR) is 129 cm³/mol. The molecule has 1 unspecified atom stereocenters. The van der Waals surface area contributed by atoms with Crippen molar-refractivity contribution in [3.63, 3.8) is 0 Å². The number of carbonyl (C=O) groups is 3. The van der Waals surface area contributed by atoms with Gasteiger partial charge in [0.1, 0.15) is 0 Å². The van der Waals surface area contributed by atoms with Crippen molar-refractivity contribution in [1.29, 1.82) is 0 Å². The summed E-state index contributed by atoms with van der Waals surface area (Å²) in [6.07, 6.45) is 1.38. The van der Waals surface area contributed by atoms with E-state index in [4.69, 9.17) is 11.6 Å². The Labute approximate surface area is 197 Å². The topological polar surface area (TPSA) is 78.5 Å². The van der Waals surface area contributed by atoms with Gasteiger partial charge >= 0.3 is 0 Å². The smallest absolute Gasteiger partial charge is 0.251 e. The fourth-order valence-corrected chi connectivity index (χ4v) is 4.16. The lowest BCUT2D eigenvalue weighted by Gasteiger charge is -2.20. The zero-order valence-electron chi connectivity index (χ0n) is 18.0. The van der Waals surface area contributed by atoms with Crippen molar-refractivity contribution in [3.8, 4) is 0 Å². The maximum atomic E-state index is 12.8. The van der Waals surface area contributed by atoms with Crippen LogP contribution < -0.4 is 15.5 Å². The van der Waals surface area contributed by atoms with Crippen LogP contribution in [0.25, 0.3) is 0 Å². The lowest BCUT2D eigenvalue weighted by atomic mass is 10.0. The molecule has 1 heterocycles. The van der Waals surface area contributed by atoms with Crippen molar-refractivity contribution in [2.24, 2.45) is 0 Å². The fourth-order valence-electron chi connectivity index (χ4n) is 3.87. The van der Waals surface area contributed by atoms with Crippen LogP contribution in [-0.4, -0.2) is 24.3 Å². The number of hydrogen-bond donors (Lipinski definition) is 2. The Morgan fingerprint density at radius 3 is 2.30 bits per heavy atom. The van der Waals surface area contributed by atoms with E-state index in [-0.39, 0.29) is 24.1 Å². The summed E-state index contributed by atoms with van der Waals surface area (Å²) in [6, 6.07) is 22.9. The zero-order valence-corrected chi connectivity index (χ0v) is 18.7. The van der Waals surface area contributed by atoms with Gasteiger partial charge in [-0.05, 0) is 42.3 Å². The first kappa shape index (κ1) is 22.6. The van der Waals surface area contributed by atoms with Gasteiger partial charge in [-0.15, -0.1) is 0 Å². The molecule has 1 aliphatic rings. The molecule has 0 saturated carbocycles. The number of rotatable bonds is 7. The molecule has 3 amide bonds. The summed E-state index contributed by atoms with van der Waals surface area (Å²) in [4.78, 5) is 39.2. The third kappa shape index (κ3) is 5.59. The first-order valence-electron chi connectivity index (χ1n) is 10.8. The van der Waals surface area contributed by atoms with E-state index in [2.05, 4.69) is 10.6 Å². The van der Waals surface area contributed by atoms with Gasteiger partial charge in [-0.25, -0.2) is 0 Å². The Hall–Kier alpha value is -3.64. The van der Waals surface area contributed by atoms with E-state index in [1.807, 2.05) is 36.4 Å². The molecule has 7 heteroatoms. The number of nitrogens with zero attached hydrogens (tertiary/aromatic N) is 1. The van der Waals surface area contributed by atoms with E-state index in [1.54, 1.807) is 47.4 Å². The van der Waals surface area contributed by atoms with Crippen LogP contribution in [0.1, 0.15) is 41.2 Å². The van der Waals surface area contributed by atoms with Gasteiger partial charge in [-0.3, -0.25) is 14.4 Å². The number of hydrogen-bond acceptors (Lipinski definition) is 3. The van der Waals surface area contributed by atoms with Crippen LogP contribution in [0.5, 0.6) is 0 Å². The van der Waals surface area contributed by atoms with Gasteiger partial charge in [-0.1, -0.05) is 60.1 Å². The average molecular weight is 462 g/mol. The van der Waals surface area contributed by atoms with Crippen molar-refractivity contribution in [1.82, 2.24) is 5.32 Å². The van der Waals surface area contributed by atoms with E-state index in [0.29, 0.717) is 34.9 Å². The predicted octanol–water partition coefficient (Wildman–Crippen LogP) is 4.97. The monoisotopic (exact) mass is 461 g/mol. The van der Waals surface area contributed by atoms with Crippen molar-refractivity contribution in [2.75, 3.05) is 16.8 Å². The number of nitrogens with one attached hydrogen (secondary N) is 2. The second-order valence-electron chi connectivity index (χ2n) is 7.87. The molecule has 0 spiro atoms. The van der Waals surface area contributed by atoms with Crippen molar-refractivity contribution in [3.05, 3.63) is 95.0 Å². The number of amides is 3. The highest BCUT2D eigenvalue weighted by Gasteiger charge is 2.24. The SMILES string of the molecule is O=C(CC(NC(=O)c1ccccc1)c1ccccc1)Nc1ccc(N2CCCC2=O)c(Cl)c1. The maximum absolute atomic E-state index is 12.8. The standard InChI is InChI=1S/C26H24ClN3O3/c27-21-16-20(13-14-23(21)30-15-7-12-25(30)32)28-24(31)17-22(18-8-3-1-4-9-18)29-26(33)19-10-5-2-6-11-19/h1-6,8-11,13-14,16,22H,7,12,15,17H2,(H,28,31)(H,29,33). The minimum atomic E-state index is -0.504. The van der Waals surface area contributed by atoms with Crippen LogP contribution in [0.3, 0.4) is 0 Å². The highest BCUT2D eigenvalue weighted by Crippen LogP contribution is 2.32. The van der Waals surface area contributed by atoms with Crippen LogP contribution in [0, 0.1) is 0 Å². The van der Waals surface area contributed by atoms with E-state index in [1.165, 1.54) is 0 Å². The summed E-state index contributed by atoms with van der Waals surface area (Å²) in [7, 11) is 0. The quantitative estimate of drug-likeness (QED) is 0.521. The molecule has 0 aromatic heterocycles. The molecule has 2 N–H and O–H groups in total. The zero-order chi connectivity index (χ0) is 23.2. The molecule has 168 valence electrons. The molecule has 33 heavy (non-hydrogen) atoms. The number of carbonyl (C=O) groups excluding carboxylic acids is 3. The Kier molecular flexibility index (Phi) is 7.05. The molecule has 1 aliphatic heterocycles. The normalized spacial score (nSPS) is 14.1. The van der Waals surface area contributed by atoms with Gasteiger partial charge in [-0.2, -0.15) is 0 Å². The largest absolute Gasteiger partial charge is 0.345 e. The number of anilines is 2. The summed E-state index contributed by atoms with van der Waals surface area (Å²) in [5.74, 6) is -0.466. The highest BCUT2D eigenvalue weighted by molar-refractivity contribution is 6.34. The van der Waals surface area contributed by atoms with Gasteiger partial charge in [0.05, 0.1) is 23.2 Å². The minimum Gasteiger partial charge on any atom is -0.345 e. The van der Waals surface area contributed by atoms with Gasteiger partial charge in [0.15, 0.2) is 0 Å². The van der Waals surface area contributed by atoms with Crippen molar-refractivity contribution in [2.45, 2.75) is 25.3 Å². The molecule has 1 fully saturated rings.